The quantitative estimate of drug-likeness (QED) is 0.850. The van der Waals surface area contributed by atoms with Crippen LogP contribution in [0.15, 0.2) is 24.3 Å². The molecule has 1 aromatic rings. The Morgan fingerprint density at radius 2 is 2.04 bits per heavy atom. The standard InChI is InChI=1S/C15H19ClN2O4S/c1-11(19)18(8-12-4-2-3-5-14(12)16)9-15(20)17-13-6-7-23(21,22)10-13/h2-5,13H,6-10H2,1H3,(H,17,20). The maximum atomic E-state index is 12.1. The number of nitrogens with one attached hydrogen (secondary N) is 1. The van der Waals surface area contributed by atoms with E-state index in [0.717, 1.165) is 5.56 Å². The molecule has 1 aliphatic heterocycles. The number of benzene rings is 1. The van der Waals surface area contributed by atoms with Gasteiger partial charge in [-0.15, -0.1) is 0 Å². The SMILES string of the molecule is CC(=O)N(CC(=O)NC1CCS(=O)(=O)C1)Cc1ccccc1Cl. The summed E-state index contributed by atoms with van der Waals surface area (Å²) in [6.07, 6.45) is 0.415. The molecule has 0 saturated carbocycles. The highest BCUT2D eigenvalue weighted by Gasteiger charge is 2.29. The van der Waals surface area contributed by atoms with E-state index in [1.807, 2.05) is 6.07 Å². The molecule has 126 valence electrons. The number of rotatable bonds is 5. The van der Waals surface area contributed by atoms with Crippen LogP contribution in [0.25, 0.3) is 0 Å². The Balaban J connectivity index is 1.95. The van der Waals surface area contributed by atoms with E-state index in [1.165, 1.54) is 11.8 Å². The molecule has 1 fully saturated rings. The number of carbonyl (C=O) groups excluding carboxylic acids is 2. The van der Waals surface area contributed by atoms with Crippen molar-refractivity contribution in [3.8, 4) is 0 Å². The number of halogens is 1. The van der Waals surface area contributed by atoms with Crippen LogP contribution in [-0.2, 0) is 26.0 Å². The van der Waals surface area contributed by atoms with Crippen molar-refractivity contribution in [2.75, 3.05) is 18.1 Å². The minimum atomic E-state index is -3.05. The van der Waals surface area contributed by atoms with E-state index in [1.54, 1.807) is 18.2 Å². The van der Waals surface area contributed by atoms with Crippen LogP contribution >= 0.6 is 11.6 Å². The fraction of sp³-hybridized carbons (Fsp3) is 0.467. The Hall–Kier alpha value is -1.60. The zero-order chi connectivity index (χ0) is 17.0. The number of hydrogen-bond acceptors (Lipinski definition) is 4. The molecule has 0 bridgehead atoms. The fourth-order valence-electron chi connectivity index (χ4n) is 2.47. The Labute approximate surface area is 140 Å². The van der Waals surface area contributed by atoms with Crippen molar-refractivity contribution in [3.05, 3.63) is 34.9 Å². The van der Waals surface area contributed by atoms with Crippen LogP contribution in [0, 0.1) is 0 Å². The van der Waals surface area contributed by atoms with Crippen LogP contribution in [0.1, 0.15) is 18.9 Å². The van der Waals surface area contributed by atoms with Gasteiger partial charge < -0.3 is 10.2 Å². The summed E-state index contributed by atoms with van der Waals surface area (Å²) in [6.45, 7) is 1.48. The third kappa shape index (κ3) is 5.21. The minimum absolute atomic E-state index is 0.0384. The molecule has 1 aliphatic rings. The van der Waals surface area contributed by atoms with E-state index >= 15 is 0 Å². The monoisotopic (exact) mass is 358 g/mol. The van der Waals surface area contributed by atoms with Crippen molar-refractivity contribution in [1.29, 1.82) is 0 Å². The van der Waals surface area contributed by atoms with Gasteiger partial charge in [-0.1, -0.05) is 29.8 Å². The Bertz CT molecular complexity index is 705. The number of nitrogens with zero attached hydrogens (tertiary/aromatic N) is 1. The second-order valence-electron chi connectivity index (χ2n) is 5.63. The summed E-state index contributed by atoms with van der Waals surface area (Å²) in [6, 6.07) is 6.74. The molecular weight excluding hydrogens is 340 g/mol. The third-order valence-electron chi connectivity index (χ3n) is 3.70. The first-order valence-corrected chi connectivity index (χ1v) is 9.45. The molecule has 1 saturated heterocycles. The maximum absolute atomic E-state index is 12.1. The topological polar surface area (TPSA) is 83.6 Å². The lowest BCUT2D eigenvalue weighted by molar-refractivity contribution is -0.135. The van der Waals surface area contributed by atoms with Gasteiger partial charge in [-0.25, -0.2) is 8.42 Å². The molecule has 6 nitrogen and oxygen atoms in total. The van der Waals surface area contributed by atoms with Crippen LogP contribution in [0.3, 0.4) is 0 Å². The van der Waals surface area contributed by atoms with Gasteiger partial charge in [0.05, 0.1) is 18.1 Å². The summed E-state index contributed by atoms with van der Waals surface area (Å²) in [5, 5.41) is 3.20. The van der Waals surface area contributed by atoms with E-state index in [9.17, 15) is 18.0 Å². The van der Waals surface area contributed by atoms with Crippen LogP contribution < -0.4 is 5.32 Å². The van der Waals surface area contributed by atoms with E-state index in [2.05, 4.69) is 5.32 Å². The normalized spacial score (nSPS) is 19.3. The van der Waals surface area contributed by atoms with Gasteiger partial charge in [0, 0.05) is 24.5 Å². The fourth-order valence-corrected chi connectivity index (χ4v) is 4.34. The molecule has 2 amide bonds. The first kappa shape index (κ1) is 17.7. The molecule has 8 heteroatoms. The average molecular weight is 359 g/mol. The summed E-state index contributed by atoms with van der Waals surface area (Å²) >= 11 is 6.07. The van der Waals surface area contributed by atoms with E-state index in [4.69, 9.17) is 11.6 Å². The highest BCUT2D eigenvalue weighted by atomic mass is 35.5. The Morgan fingerprint density at radius 3 is 2.61 bits per heavy atom. The summed E-state index contributed by atoms with van der Waals surface area (Å²) < 4.78 is 22.8. The second kappa shape index (κ2) is 7.31. The molecule has 0 aliphatic carbocycles. The van der Waals surface area contributed by atoms with Crippen molar-refractivity contribution in [1.82, 2.24) is 10.2 Å². The molecule has 1 atom stereocenters. The zero-order valence-corrected chi connectivity index (χ0v) is 14.4. The summed E-state index contributed by atoms with van der Waals surface area (Å²) in [7, 11) is -3.05. The summed E-state index contributed by atoms with van der Waals surface area (Å²) in [4.78, 5) is 25.2. The molecule has 0 aromatic heterocycles. The highest BCUT2D eigenvalue weighted by molar-refractivity contribution is 7.91. The van der Waals surface area contributed by atoms with Crippen molar-refractivity contribution in [2.24, 2.45) is 0 Å². The van der Waals surface area contributed by atoms with Crippen LogP contribution in [-0.4, -0.2) is 49.2 Å². The van der Waals surface area contributed by atoms with Gasteiger partial charge in [-0.3, -0.25) is 9.59 Å². The zero-order valence-electron chi connectivity index (χ0n) is 12.8. The lowest BCUT2D eigenvalue weighted by atomic mass is 10.2. The van der Waals surface area contributed by atoms with Crippen LogP contribution in [0.5, 0.6) is 0 Å². The van der Waals surface area contributed by atoms with Crippen molar-refractivity contribution in [3.63, 3.8) is 0 Å². The Morgan fingerprint density at radius 1 is 1.35 bits per heavy atom. The number of sulfone groups is 1. The molecule has 1 heterocycles. The van der Waals surface area contributed by atoms with Crippen molar-refractivity contribution < 1.29 is 18.0 Å². The Kier molecular flexibility index (Phi) is 5.64. The molecule has 23 heavy (non-hydrogen) atoms. The third-order valence-corrected chi connectivity index (χ3v) is 5.83. The van der Waals surface area contributed by atoms with Crippen molar-refractivity contribution >= 4 is 33.3 Å². The van der Waals surface area contributed by atoms with Gasteiger partial charge >= 0.3 is 0 Å². The van der Waals surface area contributed by atoms with Gasteiger partial charge in [-0.2, -0.15) is 0 Å². The average Bonchev–Trinajstić information content (AvgIpc) is 2.79. The number of amides is 2. The predicted molar refractivity (Wildman–Crippen MR) is 87.7 cm³/mol. The highest BCUT2D eigenvalue weighted by Crippen LogP contribution is 2.17. The molecule has 1 unspecified atom stereocenters. The first-order valence-electron chi connectivity index (χ1n) is 7.25. The van der Waals surface area contributed by atoms with Crippen molar-refractivity contribution in [2.45, 2.75) is 25.9 Å². The molecular formula is C15H19ClN2O4S. The lowest BCUT2D eigenvalue weighted by Crippen LogP contribution is -2.43. The van der Waals surface area contributed by atoms with Crippen LogP contribution in [0.4, 0.5) is 0 Å². The van der Waals surface area contributed by atoms with Crippen LogP contribution in [0.2, 0.25) is 5.02 Å². The summed E-state index contributed by atoms with van der Waals surface area (Å²) in [5.74, 6) is -0.564. The van der Waals surface area contributed by atoms with Gasteiger partial charge in [0.2, 0.25) is 11.8 Å². The summed E-state index contributed by atoms with van der Waals surface area (Å²) in [5.41, 5.74) is 0.751. The smallest absolute Gasteiger partial charge is 0.239 e. The molecule has 2 rings (SSSR count). The molecule has 1 N–H and O–H groups in total. The van der Waals surface area contributed by atoms with E-state index in [0.29, 0.717) is 11.4 Å². The number of carbonyl (C=O) groups is 2. The first-order chi connectivity index (χ1) is 10.8. The number of hydrogen-bond donors (Lipinski definition) is 1. The lowest BCUT2D eigenvalue weighted by Gasteiger charge is -2.22. The van der Waals surface area contributed by atoms with Gasteiger partial charge in [0.15, 0.2) is 9.84 Å². The van der Waals surface area contributed by atoms with E-state index in [-0.39, 0.29) is 42.5 Å². The maximum Gasteiger partial charge on any atom is 0.239 e. The molecule has 1 aromatic carbocycles. The van der Waals surface area contributed by atoms with Gasteiger partial charge in [0.1, 0.15) is 0 Å². The van der Waals surface area contributed by atoms with E-state index < -0.39 is 9.84 Å². The molecule has 0 radical (unpaired) electrons. The van der Waals surface area contributed by atoms with Gasteiger partial charge in [0.25, 0.3) is 0 Å². The predicted octanol–water partition coefficient (Wildman–Crippen LogP) is 0.992. The van der Waals surface area contributed by atoms with Gasteiger partial charge in [-0.05, 0) is 18.1 Å². The largest absolute Gasteiger partial charge is 0.351 e. The second-order valence-corrected chi connectivity index (χ2v) is 8.27. The molecule has 0 spiro atoms. The minimum Gasteiger partial charge on any atom is -0.351 e.